The van der Waals surface area contributed by atoms with Gasteiger partial charge in [0.1, 0.15) is 5.75 Å². The van der Waals surface area contributed by atoms with Gasteiger partial charge in [0.25, 0.3) is 0 Å². The van der Waals surface area contributed by atoms with E-state index >= 15 is 0 Å². The van der Waals surface area contributed by atoms with E-state index in [1.165, 1.54) is 14.7 Å². The molecule has 0 saturated carbocycles. The highest BCUT2D eigenvalue weighted by atomic mass is 127. The van der Waals surface area contributed by atoms with Gasteiger partial charge < -0.3 is 4.74 Å². The lowest BCUT2D eigenvalue weighted by atomic mass is 10.0. The van der Waals surface area contributed by atoms with E-state index in [4.69, 9.17) is 4.74 Å². The lowest BCUT2D eigenvalue weighted by Gasteiger charge is -2.25. The number of hydrogen-bond donors (Lipinski definition) is 0. The van der Waals surface area contributed by atoms with E-state index in [9.17, 15) is 0 Å². The van der Waals surface area contributed by atoms with Crippen LogP contribution in [0.15, 0.2) is 48.5 Å². The highest BCUT2D eigenvalue weighted by Gasteiger charge is 2.13. The average Bonchev–Trinajstić information content (AvgIpc) is 2.50. The molecule has 21 heavy (non-hydrogen) atoms. The largest absolute Gasteiger partial charge is 0.496 e. The first kappa shape index (κ1) is 16.3. The van der Waals surface area contributed by atoms with Crippen molar-refractivity contribution in [2.75, 3.05) is 14.2 Å². The zero-order valence-electron chi connectivity index (χ0n) is 12.8. The standard InChI is InChI=1S/C18H22INO/c1-14(12-16-6-4-5-7-18(16)21-3)20(2)13-15-8-10-17(19)11-9-15/h4-11,14H,12-13H2,1-3H3. The van der Waals surface area contributed by atoms with Crippen LogP contribution in [0.2, 0.25) is 0 Å². The molecule has 3 heteroatoms. The quantitative estimate of drug-likeness (QED) is 0.674. The molecule has 0 spiro atoms. The second-order valence-corrected chi connectivity index (χ2v) is 6.65. The van der Waals surface area contributed by atoms with Crippen molar-refractivity contribution in [2.45, 2.75) is 25.9 Å². The molecule has 0 aliphatic carbocycles. The van der Waals surface area contributed by atoms with Gasteiger partial charge in [-0.15, -0.1) is 0 Å². The van der Waals surface area contributed by atoms with E-state index in [0.29, 0.717) is 6.04 Å². The molecule has 2 aromatic rings. The maximum atomic E-state index is 5.44. The van der Waals surface area contributed by atoms with Crippen molar-refractivity contribution < 1.29 is 4.74 Å². The number of para-hydroxylation sites is 1. The lowest BCUT2D eigenvalue weighted by molar-refractivity contribution is 0.246. The van der Waals surface area contributed by atoms with Crippen LogP contribution in [0.5, 0.6) is 5.75 Å². The van der Waals surface area contributed by atoms with Crippen molar-refractivity contribution in [1.29, 1.82) is 0 Å². The summed E-state index contributed by atoms with van der Waals surface area (Å²) in [4.78, 5) is 2.38. The predicted molar refractivity (Wildman–Crippen MR) is 96.8 cm³/mol. The Morgan fingerprint density at radius 1 is 1.10 bits per heavy atom. The first-order valence-electron chi connectivity index (χ1n) is 7.16. The Balaban J connectivity index is 1.99. The highest BCUT2D eigenvalue weighted by Crippen LogP contribution is 2.21. The first-order valence-corrected chi connectivity index (χ1v) is 8.24. The summed E-state index contributed by atoms with van der Waals surface area (Å²) < 4.78 is 6.72. The van der Waals surface area contributed by atoms with Gasteiger partial charge in [0.15, 0.2) is 0 Å². The van der Waals surface area contributed by atoms with E-state index in [1.54, 1.807) is 7.11 Å². The lowest BCUT2D eigenvalue weighted by Crippen LogP contribution is -2.30. The van der Waals surface area contributed by atoms with Crippen LogP contribution in [-0.2, 0) is 13.0 Å². The second-order valence-electron chi connectivity index (χ2n) is 5.41. The van der Waals surface area contributed by atoms with Gasteiger partial charge in [-0.1, -0.05) is 30.3 Å². The SMILES string of the molecule is COc1ccccc1CC(C)N(C)Cc1ccc(I)cc1. The second kappa shape index (κ2) is 7.80. The summed E-state index contributed by atoms with van der Waals surface area (Å²) in [6.07, 6.45) is 0.991. The molecule has 1 unspecified atom stereocenters. The smallest absolute Gasteiger partial charge is 0.122 e. The molecule has 0 radical (unpaired) electrons. The number of likely N-dealkylation sites (N-methyl/N-ethyl adjacent to an activating group) is 1. The minimum atomic E-state index is 0.459. The van der Waals surface area contributed by atoms with E-state index in [1.807, 2.05) is 12.1 Å². The van der Waals surface area contributed by atoms with Crippen molar-refractivity contribution >= 4 is 22.6 Å². The van der Waals surface area contributed by atoms with Crippen molar-refractivity contribution in [3.8, 4) is 5.75 Å². The fraction of sp³-hybridized carbons (Fsp3) is 0.333. The van der Waals surface area contributed by atoms with Crippen LogP contribution >= 0.6 is 22.6 Å². The minimum absolute atomic E-state index is 0.459. The van der Waals surface area contributed by atoms with Gasteiger partial charge in [0, 0.05) is 16.2 Å². The van der Waals surface area contributed by atoms with Crippen LogP contribution in [0.1, 0.15) is 18.1 Å². The molecule has 2 nitrogen and oxygen atoms in total. The molecule has 0 heterocycles. The zero-order chi connectivity index (χ0) is 15.2. The fourth-order valence-electron chi connectivity index (χ4n) is 2.38. The molecule has 0 fully saturated rings. The number of ether oxygens (including phenoxy) is 1. The van der Waals surface area contributed by atoms with Gasteiger partial charge in [0.2, 0.25) is 0 Å². The van der Waals surface area contributed by atoms with Gasteiger partial charge in [-0.3, -0.25) is 4.90 Å². The molecule has 0 aromatic heterocycles. The van der Waals surface area contributed by atoms with Crippen molar-refractivity contribution in [3.63, 3.8) is 0 Å². The third-order valence-corrected chi connectivity index (χ3v) is 4.52. The van der Waals surface area contributed by atoms with E-state index in [-0.39, 0.29) is 0 Å². The third kappa shape index (κ3) is 4.71. The Kier molecular flexibility index (Phi) is 6.06. The van der Waals surface area contributed by atoms with Gasteiger partial charge in [-0.25, -0.2) is 0 Å². The maximum Gasteiger partial charge on any atom is 0.122 e. The predicted octanol–water partition coefficient (Wildman–Crippen LogP) is 4.36. The van der Waals surface area contributed by atoms with Gasteiger partial charge in [-0.2, -0.15) is 0 Å². The van der Waals surface area contributed by atoms with Gasteiger partial charge in [0.05, 0.1) is 7.11 Å². The number of benzene rings is 2. The molecule has 0 bridgehead atoms. The number of nitrogens with zero attached hydrogens (tertiary/aromatic N) is 1. The Morgan fingerprint density at radius 2 is 1.76 bits per heavy atom. The van der Waals surface area contributed by atoms with Crippen molar-refractivity contribution in [3.05, 3.63) is 63.2 Å². The minimum Gasteiger partial charge on any atom is -0.496 e. The summed E-state index contributed by atoms with van der Waals surface area (Å²) >= 11 is 2.34. The van der Waals surface area contributed by atoms with Crippen LogP contribution < -0.4 is 4.74 Å². The van der Waals surface area contributed by atoms with Crippen LogP contribution in [0.25, 0.3) is 0 Å². The van der Waals surface area contributed by atoms with Crippen LogP contribution in [-0.4, -0.2) is 25.1 Å². The maximum absolute atomic E-state index is 5.44. The monoisotopic (exact) mass is 395 g/mol. The molecule has 0 N–H and O–H groups in total. The molecule has 0 aliphatic rings. The molecule has 2 aromatic carbocycles. The number of hydrogen-bond acceptors (Lipinski definition) is 2. The summed E-state index contributed by atoms with van der Waals surface area (Å²) in [7, 11) is 3.91. The van der Waals surface area contributed by atoms with E-state index in [0.717, 1.165) is 18.7 Å². The summed E-state index contributed by atoms with van der Waals surface area (Å²) in [5.74, 6) is 0.979. The Bertz CT molecular complexity index is 568. The van der Waals surface area contributed by atoms with Crippen LogP contribution in [0.3, 0.4) is 0 Å². The zero-order valence-corrected chi connectivity index (χ0v) is 15.0. The molecule has 0 saturated heterocycles. The van der Waals surface area contributed by atoms with Crippen LogP contribution in [0, 0.1) is 3.57 Å². The number of methoxy groups -OCH3 is 1. The molecule has 2 rings (SSSR count). The van der Waals surface area contributed by atoms with Crippen molar-refractivity contribution in [2.24, 2.45) is 0 Å². The summed E-state index contributed by atoms with van der Waals surface area (Å²) in [6, 6.07) is 17.5. The number of rotatable bonds is 6. The molecule has 112 valence electrons. The van der Waals surface area contributed by atoms with Gasteiger partial charge in [-0.05, 0) is 72.3 Å². The summed E-state index contributed by atoms with van der Waals surface area (Å²) in [5.41, 5.74) is 2.62. The normalized spacial score (nSPS) is 12.4. The highest BCUT2D eigenvalue weighted by molar-refractivity contribution is 14.1. The topological polar surface area (TPSA) is 12.5 Å². The Morgan fingerprint density at radius 3 is 2.43 bits per heavy atom. The van der Waals surface area contributed by atoms with E-state index in [2.05, 4.69) is 77.9 Å². The third-order valence-electron chi connectivity index (χ3n) is 3.81. The summed E-state index contributed by atoms with van der Waals surface area (Å²) in [5, 5.41) is 0. The van der Waals surface area contributed by atoms with E-state index < -0.39 is 0 Å². The average molecular weight is 395 g/mol. The molecule has 0 aliphatic heterocycles. The first-order chi connectivity index (χ1) is 10.1. The van der Waals surface area contributed by atoms with Gasteiger partial charge >= 0.3 is 0 Å². The fourth-order valence-corrected chi connectivity index (χ4v) is 2.74. The number of halogens is 1. The van der Waals surface area contributed by atoms with Crippen LogP contribution in [0.4, 0.5) is 0 Å². The Hall–Kier alpha value is -1.07. The summed E-state index contributed by atoms with van der Waals surface area (Å²) in [6.45, 7) is 3.23. The molecular formula is C18H22INO. The van der Waals surface area contributed by atoms with Crippen molar-refractivity contribution in [1.82, 2.24) is 4.90 Å². The molecular weight excluding hydrogens is 373 g/mol. The molecule has 0 amide bonds. The Labute approximate surface area is 141 Å². The molecule has 1 atom stereocenters.